The van der Waals surface area contributed by atoms with E-state index in [2.05, 4.69) is 15.5 Å². The third-order valence-corrected chi connectivity index (χ3v) is 8.02. The van der Waals surface area contributed by atoms with E-state index in [4.69, 9.17) is 10.6 Å². The Hall–Kier alpha value is -1.72. The van der Waals surface area contributed by atoms with Crippen molar-refractivity contribution in [3.8, 4) is 0 Å². The molecule has 3 heterocycles. The average Bonchev–Trinajstić information content (AvgIpc) is 3.50. The Morgan fingerprint density at radius 3 is 2.68 bits per heavy atom. The van der Waals surface area contributed by atoms with Gasteiger partial charge in [0.2, 0.25) is 0 Å². The van der Waals surface area contributed by atoms with Gasteiger partial charge in [0.05, 0.1) is 17.4 Å². The van der Waals surface area contributed by atoms with Gasteiger partial charge in [0, 0.05) is 11.1 Å². The number of fused-ring (bicyclic) bond motifs is 1. The van der Waals surface area contributed by atoms with Gasteiger partial charge in [-0.25, -0.2) is 17.8 Å². The van der Waals surface area contributed by atoms with Gasteiger partial charge >= 0.3 is 29.6 Å². The van der Waals surface area contributed by atoms with Gasteiger partial charge < -0.3 is 25.8 Å². The van der Waals surface area contributed by atoms with E-state index < -0.39 is 56.5 Å². The number of carboxylic acids is 1. The number of aliphatic carboxylic acids is 1. The first kappa shape index (κ1) is 26.9. The molecule has 0 radical (unpaired) electrons. The molecule has 1 aromatic rings. The van der Waals surface area contributed by atoms with E-state index in [9.17, 15) is 32.3 Å². The summed E-state index contributed by atoms with van der Waals surface area (Å²) in [4.78, 5) is 47.3. The maximum absolute atomic E-state index is 12.9. The number of sulfone groups is 1. The summed E-state index contributed by atoms with van der Waals surface area (Å²) < 4.78 is 36.0. The van der Waals surface area contributed by atoms with Crippen molar-refractivity contribution in [2.75, 3.05) is 23.2 Å². The number of rotatable bonds is 9. The van der Waals surface area contributed by atoms with Crippen molar-refractivity contribution in [1.29, 1.82) is 0 Å². The Balaban J connectivity index is 0.00000324. The molecular weight excluding hydrogens is 524 g/mol. The molecule has 0 bridgehead atoms. The molecule has 1 unspecified atom stereocenters. The zero-order valence-corrected chi connectivity index (χ0v) is 22.2. The van der Waals surface area contributed by atoms with Gasteiger partial charge in [-0.1, -0.05) is 5.16 Å². The summed E-state index contributed by atoms with van der Waals surface area (Å²) in [6.07, 6.45) is 1.49. The van der Waals surface area contributed by atoms with Crippen LogP contribution < -0.4 is 45.7 Å². The fourth-order valence-corrected chi connectivity index (χ4v) is 6.07. The predicted octanol–water partition coefficient (Wildman–Crippen LogP) is -4.64. The summed E-state index contributed by atoms with van der Waals surface area (Å²) >= 11 is 2.12. The number of nitrogens with one attached hydrogen (secondary N) is 1. The summed E-state index contributed by atoms with van der Waals surface area (Å²) in [5.74, 6) is -4.27. The molecule has 3 aliphatic rings. The molecule has 1 saturated heterocycles. The Kier molecular flexibility index (Phi) is 8.29. The number of thioether (sulfide) groups is 1. The van der Waals surface area contributed by atoms with Crippen molar-refractivity contribution in [2.45, 2.75) is 30.4 Å². The Bertz CT molecular complexity index is 1180. The normalized spacial score (nSPS) is 22.4. The number of aromatic nitrogens is 1. The number of nitrogen functional groups attached to an aromatic ring is 1. The number of halogens is 1. The monoisotopic (exact) mass is 541 g/mol. The van der Waals surface area contributed by atoms with E-state index in [0.29, 0.717) is 0 Å². The van der Waals surface area contributed by atoms with Gasteiger partial charge in [-0.05, 0) is 18.4 Å². The van der Waals surface area contributed by atoms with Crippen LogP contribution in [0.1, 0.15) is 18.5 Å². The number of hydrogen-bond donors (Lipinski definition) is 2. The van der Waals surface area contributed by atoms with Crippen LogP contribution in [0.15, 0.2) is 21.8 Å². The molecule has 1 saturated carbocycles. The van der Waals surface area contributed by atoms with Crippen LogP contribution >= 0.6 is 23.1 Å². The second-order valence-corrected chi connectivity index (χ2v) is 11.4. The van der Waals surface area contributed by atoms with E-state index in [0.717, 1.165) is 40.8 Å². The van der Waals surface area contributed by atoms with Crippen molar-refractivity contribution in [3.05, 3.63) is 22.3 Å². The molecule has 178 valence electrons. The third kappa shape index (κ3) is 5.57. The molecule has 2 fully saturated rings. The van der Waals surface area contributed by atoms with Crippen LogP contribution in [0.25, 0.3) is 0 Å². The molecule has 12 nitrogen and oxygen atoms in total. The number of carbonyl (C=O) groups excluding carboxylic acids is 3. The van der Waals surface area contributed by atoms with Crippen LogP contribution in [-0.2, 0) is 29.1 Å². The molecule has 0 spiro atoms. The van der Waals surface area contributed by atoms with Gasteiger partial charge in [0.1, 0.15) is 23.2 Å². The van der Waals surface area contributed by atoms with Gasteiger partial charge in [-0.15, -0.1) is 23.1 Å². The van der Waals surface area contributed by atoms with E-state index in [1.807, 2.05) is 0 Å². The molecule has 2 aliphatic heterocycles. The van der Waals surface area contributed by atoms with Crippen LogP contribution in [0.3, 0.4) is 0 Å². The average molecular weight is 542 g/mol. The predicted molar refractivity (Wildman–Crippen MR) is 114 cm³/mol. The molecule has 1 aromatic heterocycles. The minimum absolute atomic E-state index is 0. The van der Waals surface area contributed by atoms with Gasteiger partial charge in [-0.3, -0.25) is 14.5 Å². The van der Waals surface area contributed by atoms with Crippen molar-refractivity contribution in [2.24, 2.45) is 5.16 Å². The smallest absolute Gasteiger partial charge is 0.543 e. The first-order chi connectivity index (χ1) is 15.6. The van der Waals surface area contributed by atoms with Crippen LogP contribution in [0.5, 0.6) is 0 Å². The zero-order valence-electron chi connectivity index (χ0n) is 17.7. The van der Waals surface area contributed by atoms with E-state index >= 15 is 0 Å². The van der Waals surface area contributed by atoms with E-state index in [1.54, 1.807) is 0 Å². The first-order valence-electron chi connectivity index (χ1n) is 9.51. The minimum Gasteiger partial charge on any atom is -0.543 e. The summed E-state index contributed by atoms with van der Waals surface area (Å²) in [6, 6.07) is -2.78. The largest absolute Gasteiger partial charge is 1.00 e. The molecule has 34 heavy (non-hydrogen) atoms. The Morgan fingerprint density at radius 1 is 1.41 bits per heavy atom. The van der Waals surface area contributed by atoms with Crippen molar-refractivity contribution in [3.63, 3.8) is 0 Å². The van der Waals surface area contributed by atoms with Gasteiger partial charge in [-0.2, -0.15) is 0 Å². The third-order valence-electron chi connectivity index (χ3n) is 4.88. The van der Waals surface area contributed by atoms with Crippen LogP contribution in [0, 0.1) is 0 Å². The number of thiazole rings is 1. The Labute approximate surface area is 223 Å². The number of nitrogens with zero attached hydrogens (tertiary/aromatic N) is 3. The molecule has 1 aliphatic carbocycles. The molecule has 17 heteroatoms. The number of oxime groups is 1. The summed E-state index contributed by atoms with van der Waals surface area (Å²) in [5, 5.41) is 18.9. The standard InChI is InChI=1S/C17H18FN5O7S3.Na/c18-6-33(28,29)5-7-3-31-15-11(14(25)23(15)12(7)16(26)27)21-13(24)10(22-30-8-1-2-8)9-4-32-17(19)20-9;/h4,8,11,15H,1-3,5-6H2,(H2,19,20)(H,21,24)(H,26,27);/q;+1/p-1/b22-10-;/t11?,15-;/m1./s1. The maximum Gasteiger partial charge on any atom is 1.00 e. The number of alkyl halides is 1. The summed E-state index contributed by atoms with van der Waals surface area (Å²) in [5.41, 5.74) is 4.83. The number of anilines is 1. The Morgan fingerprint density at radius 2 is 2.12 bits per heavy atom. The van der Waals surface area contributed by atoms with Crippen molar-refractivity contribution >= 4 is 61.6 Å². The molecule has 0 aromatic carbocycles. The van der Waals surface area contributed by atoms with Gasteiger partial charge in [0.15, 0.2) is 26.7 Å². The number of carboxylic acid groups (broad SMARTS) is 1. The van der Waals surface area contributed by atoms with Crippen LogP contribution in [0.4, 0.5) is 9.52 Å². The maximum atomic E-state index is 12.9. The number of hydrogen-bond acceptors (Lipinski definition) is 12. The SMILES string of the molecule is Nc1nc(/C(=N/OC2CC2)C(=O)NC2C(=O)N3C(C(=O)[O-])=C(CS(=O)(=O)CF)CS[C@H]23)cs1.[Na+]. The number of carbonyl (C=O) groups is 3. The zero-order chi connectivity index (χ0) is 23.9. The summed E-state index contributed by atoms with van der Waals surface area (Å²) in [6.45, 7) is 0. The molecule has 2 atom stereocenters. The number of β-lactam (4-membered cyclic amide) rings is 1. The van der Waals surface area contributed by atoms with Crippen molar-refractivity contribution < 1.29 is 66.7 Å². The van der Waals surface area contributed by atoms with E-state index in [-0.39, 0.29) is 63.5 Å². The van der Waals surface area contributed by atoms with E-state index in [1.165, 1.54) is 5.38 Å². The van der Waals surface area contributed by atoms with Gasteiger partial charge in [0.25, 0.3) is 11.8 Å². The van der Waals surface area contributed by atoms with Crippen LogP contribution in [-0.4, -0.2) is 76.8 Å². The topological polar surface area (TPSA) is 184 Å². The van der Waals surface area contributed by atoms with Crippen LogP contribution in [0.2, 0.25) is 0 Å². The second-order valence-electron chi connectivity index (χ2n) is 7.41. The van der Waals surface area contributed by atoms with Crippen molar-refractivity contribution in [1.82, 2.24) is 15.2 Å². The molecule has 2 amide bonds. The molecular formula is C17H17FN5NaO7S3. The fraction of sp³-hybridized carbons (Fsp3) is 0.471. The number of nitrogens with two attached hydrogens (primary N) is 1. The molecule has 3 N–H and O–H groups in total. The fourth-order valence-electron chi connectivity index (χ4n) is 3.20. The molecule has 4 rings (SSSR count). The first-order valence-corrected chi connectivity index (χ1v) is 13.3. The quantitative estimate of drug-likeness (QED) is 0.133. The summed E-state index contributed by atoms with van der Waals surface area (Å²) in [7, 11) is -4.18. The second kappa shape index (κ2) is 10.5. The number of amides is 2. The minimum atomic E-state index is -4.18.